The number of allylic oxidation sites excluding steroid dienone is 2. The highest BCUT2D eigenvalue weighted by atomic mass is 16.5. The molecule has 0 bridgehead atoms. The summed E-state index contributed by atoms with van der Waals surface area (Å²) in [5.41, 5.74) is 2.18. The maximum absolute atomic E-state index is 12.0. The van der Waals surface area contributed by atoms with Crippen LogP contribution in [0.4, 0.5) is 0 Å². The first-order chi connectivity index (χ1) is 11.9. The van der Waals surface area contributed by atoms with E-state index in [1.165, 1.54) is 44.1 Å². The summed E-state index contributed by atoms with van der Waals surface area (Å²) >= 11 is 0. The Bertz CT molecular complexity index is 676. The predicted molar refractivity (Wildman–Crippen MR) is 98.9 cm³/mol. The van der Waals surface area contributed by atoms with Crippen molar-refractivity contribution in [2.24, 2.45) is 28.6 Å². The van der Waals surface area contributed by atoms with Crippen LogP contribution in [0, 0.1) is 28.6 Å². The molecule has 5 aliphatic rings. The summed E-state index contributed by atoms with van der Waals surface area (Å²) in [5, 5.41) is 0. The van der Waals surface area contributed by atoms with E-state index in [0.29, 0.717) is 11.2 Å². The van der Waals surface area contributed by atoms with Crippen LogP contribution in [0.5, 0.6) is 0 Å². The lowest BCUT2D eigenvalue weighted by Crippen LogP contribution is -2.54. The third kappa shape index (κ3) is 1.95. The molecule has 4 fully saturated rings. The first-order valence-electron chi connectivity index (χ1n) is 10.5. The molecule has 0 unspecified atom stereocenters. The second-order valence-corrected chi connectivity index (χ2v) is 10.1. The minimum absolute atomic E-state index is 0.0826. The lowest BCUT2D eigenvalue weighted by atomic mass is 9.46. The van der Waals surface area contributed by atoms with Gasteiger partial charge in [0.25, 0.3) is 0 Å². The molecule has 136 valence electrons. The number of fused-ring (bicyclic) bond motifs is 6. The van der Waals surface area contributed by atoms with Crippen LogP contribution in [-0.2, 0) is 9.53 Å². The van der Waals surface area contributed by atoms with Crippen molar-refractivity contribution in [3.63, 3.8) is 0 Å². The highest BCUT2D eigenvalue weighted by Crippen LogP contribution is 2.70. The fraction of sp³-hybridized carbons (Fsp3) is 0.783. The predicted octanol–water partition coefficient (Wildman–Crippen LogP) is 5.58. The van der Waals surface area contributed by atoms with Crippen LogP contribution in [0.2, 0.25) is 0 Å². The minimum Gasteiger partial charge on any atom is -0.492 e. The van der Waals surface area contributed by atoms with E-state index in [9.17, 15) is 4.79 Å². The Morgan fingerprint density at radius 1 is 1.00 bits per heavy atom. The van der Waals surface area contributed by atoms with Gasteiger partial charge in [0.2, 0.25) is 0 Å². The van der Waals surface area contributed by atoms with Gasteiger partial charge in [-0.05, 0) is 80.6 Å². The van der Waals surface area contributed by atoms with Gasteiger partial charge in [-0.1, -0.05) is 26.0 Å². The standard InChI is InChI=1S/C23H32O2/c1-15-6-12-23(25-15)13-9-20-18-5-4-16-14-17(24)7-10-21(16,2)19(18)8-11-22(20,23)3/h14,18-20H,1,4-13H2,2-3H3/t18-,19+,20+,21+,22+,23+/m1/s1. The molecule has 2 nitrogen and oxygen atoms in total. The molecule has 1 heterocycles. The van der Waals surface area contributed by atoms with E-state index >= 15 is 0 Å². The number of hydrogen-bond donors (Lipinski definition) is 0. The molecule has 0 radical (unpaired) electrons. The molecule has 0 aromatic rings. The van der Waals surface area contributed by atoms with Gasteiger partial charge in [0.1, 0.15) is 5.60 Å². The lowest BCUT2D eigenvalue weighted by molar-refractivity contribution is -0.126. The Kier molecular flexibility index (Phi) is 3.24. The summed E-state index contributed by atoms with van der Waals surface area (Å²) in [5.74, 6) is 3.79. The summed E-state index contributed by atoms with van der Waals surface area (Å²) in [4.78, 5) is 12.0. The van der Waals surface area contributed by atoms with Gasteiger partial charge in [0.05, 0.1) is 5.76 Å². The minimum atomic E-state index is 0.0826. The largest absolute Gasteiger partial charge is 0.492 e. The zero-order valence-corrected chi connectivity index (χ0v) is 15.9. The fourth-order valence-electron chi connectivity index (χ4n) is 7.95. The molecule has 1 spiro atoms. The van der Waals surface area contributed by atoms with Gasteiger partial charge in [-0.2, -0.15) is 0 Å². The van der Waals surface area contributed by atoms with Gasteiger partial charge in [-0.25, -0.2) is 0 Å². The molecule has 1 aliphatic heterocycles. The Morgan fingerprint density at radius 3 is 2.56 bits per heavy atom. The Labute approximate surface area is 152 Å². The zero-order chi connectivity index (χ0) is 17.4. The first kappa shape index (κ1) is 16.1. The van der Waals surface area contributed by atoms with Crippen molar-refractivity contribution in [2.75, 3.05) is 0 Å². The summed E-state index contributed by atoms with van der Waals surface area (Å²) in [6.45, 7) is 9.15. The van der Waals surface area contributed by atoms with Gasteiger partial charge < -0.3 is 4.74 Å². The van der Waals surface area contributed by atoms with Crippen molar-refractivity contribution < 1.29 is 9.53 Å². The van der Waals surface area contributed by atoms with Crippen LogP contribution in [0.3, 0.4) is 0 Å². The quantitative estimate of drug-likeness (QED) is 0.575. The molecule has 0 N–H and O–H groups in total. The molecular weight excluding hydrogens is 308 g/mol. The molecule has 5 rings (SSSR count). The molecule has 6 atom stereocenters. The molecule has 0 aromatic carbocycles. The zero-order valence-electron chi connectivity index (χ0n) is 15.9. The molecule has 0 amide bonds. The topological polar surface area (TPSA) is 26.3 Å². The van der Waals surface area contributed by atoms with Crippen LogP contribution in [0.15, 0.2) is 24.0 Å². The fourth-order valence-corrected chi connectivity index (χ4v) is 7.95. The van der Waals surface area contributed by atoms with Crippen LogP contribution < -0.4 is 0 Å². The summed E-state index contributed by atoms with van der Waals surface area (Å²) < 4.78 is 6.46. The second-order valence-electron chi connectivity index (χ2n) is 10.1. The molecule has 3 saturated carbocycles. The highest BCUT2D eigenvalue weighted by molar-refractivity contribution is 5.91. The molecule has 25 heavy (non-hydrogen) atoms. The third-order valence-electron chi connectivity index (χ3n) is 9.40. The van der Waals surface area contributed by atoms with Gasteiger partial charge in [-0.15, -0.1) is 0 Å². The van der Waals surface area contributed by atoms with Crippen LogP contribution in [-0.4, -0.2) is 11.4 Å². The van der Waals surface area contributed by atoms with Gasteiger partial charge in [0, 0.05) is 18.3 Å². The van der Waals surface area contributed by atoms with Crippen molar-refractivity contribution in [2.45, 2.75) is 83.7 Å². The molecule has 1 saturated heterocycles. The number of hydrogen-bond acceptors (Lipinski definition) is 2. The maximum atomic E-state index is 12.0. The summed E-state index contributed by atoms with van der Waals surface area (Å²) in [7, 11) is 0. The van der Waals surface area contributed by atoms with Crippen molar-refractivity contribution >= 4 is 5.78 Å². The smallest absolute Gasteiger partial charge is 0.155 e. The van der Waals surface area contributed by atoms with E-state index < -0.39 is 0 Å². The van der Waals surface area contributed by atoms with Crippen molar-refractivity contribution in [1.82, 2.24) is 0 Å². The van der Waals surface area contributed by atoms with Crippen molar-refractivity contribution in [3.8, 4) is 0 Å². The molecule has 2 heteroatoms. The maximum Gasteiger partial charge on any atom is 0.155 e. The van der Waals surface area contributed by atoms with Gasteiger partial charge in [-0.3, -0.25) is 4.79 Å². The second kappa shape index (κ2) is 5.02. The number of ketones is 1. The molecular formula is C23H32O2. The molecule has 0 aromatic heterocycles. The van der Waals surface area contributed by atoms with E-state index in [4.69, 9.17) is 4.74 Å². The number of ether oxygens (including phenoxy) is 1. The summed E-state index contributed by atoms with van der Waals surface area (Å²) in [6.07, 6.45) is 13.7. The SMILES string of the molecule is C=C1CC[C@@]2(CC[C@H]3[C@@H]4CCC5=CC(=O)CC[C@]5(C)[C@H]4CC[C@@]32C)O1. The Morgan fingerprint density at radius 2 is 1.80 bits per heavy atom. The van der Waals surface area contributed by atoms with Crippen molar-refractivity contribution in [3.05, 3.63) is 24.0 Å². The van der Waals surface area contributed by atoms with E-state index in [1.54, 1.807) is 0 Å². The first-order valence-corrected chi connectivity index (χ1v) is 10.5. The van der Waals surface area contributed by atoms with Crippen LogP contribution >= 0.6 is 0 Å². The molecule has 4 aliphatic carbocycles. The van der Waals surface area contributed by atoms with E-state index in [0.717, 1.165) is 49.2 Å². The Hall–Kier alpha value is -1.05. The monoisotopic (exact) mass is 340 g/mol. The van der Waals surface area contributed by atoms with Crippen LogP contribution in [0.25, 0.3) is 0 Å². The third-order valence-corrected chi connectivity index (χ3v) is 9.40. The van der Waals surface area contributed by atoms with Gasteiger partial charge >= 0.3 is 0 Å². The average Bonchev–Trinajstić information content (AvgIpc) is 3.10. The summed E-state index contributed by atoms with van der Waals surface area (Å²) in [6, 6.07) is 0. The van der Waals surface area contributed by atoms with E-state index in [-0.39, 0.29) is 11.0 Å². The number of rotatable bonds is 0. The van der Waals surface area contributed by atoms with E-state index in [1.807, 2.05) is 6.08 Å². The normalized spacial score (nSPS) is 51.6. The number of carbonyl (C=O) groups excluding carboxylic acids is 1. The van der Waals surface area contributed by atoms with Crippen LogP contribution in [0.1, 0.15) is 78.1 Å². The number of carbonyl (C=O) groups is 1. The average molecular weight is 341 g/mol. The van der Waals surface area contributed by atoms with E-state index in [2.05, 4.69) is 20.4 Å². The highest BCUT2D eigenvalue weighted by Gasteiger charge is 2.66. The van der Waals surface area contributed by atoms with Crippen molar-refractivity contribution in [1.29, 1.82) is 0 Å². The lowest BCUT2D eigenvalue weighted by Gasteiger charge is -2.59. The van der Waals surface area contributed by atoms with Gasteiger partial charge in [0.15, 0.2) is 5.78 Å². The Balaban J connectivity index is 1.49.